The van der Waals surface area contributed by atoms with Gasteiger partial charge >= 0.3 is 0 Å². The molecule has 3 rings (SSSR count). The maximum Gasteiger partial charge on any atom is 0.226 e. The van der Waals surface area contributed by atoms with Crippen molar-refractivity contribution in [2.24, 2.45) is 0 Å². The number of imidazole rings is 1. The Labute approximate surface area is 123 Å². The lowest BCUT2D eigenvalue weighted by atomic mass is 10.1. The number of anilines is 1. The Morgan fingerprint density at radius 1 is 1.35 bits per heavy atom. The summed E-state index contributed by atoms with van der Waals surface area (Å²) in [5.74, 6) is 0.180. The molecular formula is C10H11Cl2N5O3. The highest BCUT2D eigenvalue weighted by Crippen LogP contribution is 2.32. The van der Waals surface area contributed by atoms with Crippen LogP contribution in [0.5, 0.6) is 0 Å². The molecule has 0 saturated carbocycles. The first kappa shape index (κ1) is 13.8. The largest absolute Gasteiger partial charge is 0.387 e. The van der Waals surface area contributed by atoms with Crippen molar-refractivity contribution in [3.05, 3.63) is 11.6 Å². The second kappa shape index (κ2) is 4.97. The molecule has 4 N–H and O–H groups in total. The van der Waals surface area contributed by atoms with Gasteiger partial charge in [0.15, 0.2) is 17.7 Å². The average molecular weight is 320 g/mol. The number of rotatable bonds is 2. The molecule has 1 aliphatic heterocycles. The minimum Gasteiger partial charge on any atom is -0.387 e. The number of aliphatic hydroxyl groups excluding tert-OH is 2. The molecule has 8 nitrogen and oxygen atoms in total. The van der Waals surface area contributed by atoms with E-state index < -0.39 is 24.5 Å². The normalized spacial score (nSPS) is 30.2. The van der Waals surface area contributed by atoms with Gasteiger partial charge in [-0.3, -0.25) is 4.57 Å². The van der Waals surface area contributed by atoms with Gasteiger partial charge in [0.05, 0.1) is 12.2 Å². The summed E-state index contributed by atoms with van der Waals surface area (Å²) >= 11 is 11.4. The summed E-state index contributed by atoms with van der Waals surface area (Å²) < 4.78 is 6.96. The Morgan fingerprint density at radius 2 is 2.10 bits per heavy atom. The number of aromatic nitrogens is 4. The van der Waals surface area contributed by atoms with Crippen LogP contribution in [0.1, 0.15) is 6.23 Å². The summed E-state index contributed by atoms with van der Waals surface area (Å²) in [5, 5.41) is 19.8. The van der Waals surface area contributed by atoms with Gasteiger partial charge in [-0.1, -0.05) is 0 Å². The highest BCUT2D eigenvalue weighted by Gasteiger charge is 2.43. The monoisotopic (exact) mass is 319 g/mol. The van der Waals surface area contributed by atoms with E-state index in [0.717, 1.165) is 0 Å². The number of nitrogens with zero attached hydrogens (tertiary/aromatic N) is 4. The summed E-state index contributed by atoms with van der Waals surface area (Å²) in [6.07, 6.45) is -2.41. The highest BCUT2D eigenvalue weighted by atomic mass is 35.5. The van der Waals surface area contributed by atoms with Crippen LogP contribution in [0, 0.1) is 0 Å². The third kappa shape index (κ3) is 2.00. The van der Waals surface area contributed by atoms with Gasteiger partial charge in [-0.25, -0.2) is 4.98 Å². The third-order valence-electron chi connectivity index (χ3n) is 3.18. The van der Waals surface area contributed by atoms with Gasteiger partial charge in [-0.15, -0.1) is 11.6 Å². The molecule has 0 aliphatic carbocycles. The van der Waals surface area contributed by atoms with Crippen LogP contribution in [0.25, 0.3) is 11.2 Å². The quantitative estimate of drug-likeness (QED) is 0.523. The highest BCUT2D eigenvalue weighted by molar-refractivity contribution is 6.28. The zero-order chi connectivity index (χ0) is 14.4. The van der Waals surface area contributed by atoms with Crippen LogP contribution in [0.3, 0.4) is 0 Å². The standard InChI is InChI=1S/C10H11Cl2N5O3/c11-1-3-5(18)6(19)9(20-3)17-2-14-4-7(13)15-10(12)16-8(4)17/h2-3,5-6,9,18-19H,1H2,(H2,13,15,16)/t3-,5?,6?,9?/m1/s1. The number of fused-ring (bicyclic) bond motifs is 1. The Hall–Kier alpha value is -1.19. The Bertz CT molecular complexity index is 651. The molecule has 3 heterocycles. The average Bonchev–Trinajstić information content (AvgIpc) is 2.93. The lowest BCUT2D eigenvalue weighted by molar-refractivity contribution is -0.0291. The van der Waals surface area contributed by atoms with Gasteiger partial charge in [0.25, 0.3) is 0 Å². The van der Waals surface area contributed by atoms with Gasteiger partial charge in [0.2, 0.25) is 5.28 Å². The first-order valence-corrected chi connectivity index (χ1v) is 6.67. The molecule has 0 spiro atoms. The van der Waals surface area contributed by atoms with E-state index in [9.17, 15) is 10.2 Å². The van der Waals surface area contributed by atoms with Crippen molar-refractivity contribution < 1.29 is 14.9 Å². The van der Waals surface area contributed by atoms with E-state index in [-0.39, 0.29) is 17.0 Å². The van der Waals surface area contributed by atoms with Gasteiger partial charge in [0.1, 0.15) is 23.8 Å². The molecule has 0 radical (unpaired) electrons. The van der Waals surface area contributed by atoms with Crippen LogP contribution < -0.4 is 5.73 Å². The van der Waals surface area contributed by atoms with Gasteiger partial charge in [-0.05, 0) is 11.6 Å². The zero-order valence-corrected chi connectivity index (χ0v) is 11.5. The van der Waals surface area contributed by atoms with Crippen molar-refractivity contribution in [2.45, 2.75) is 24.5 Å². The van der Waals surface area contributed by atoms with Crippen LogP contribution in [0.4, 0.5) is 5.82 Å². The third-order valence-corrected chi connectivity index (χ3v) is 3.66. The van der Waals surface area contributed by atoms with E-state index in [2.05, 4.69) is 15.0 Å². The maximum atomic E-state index is 10.0. The fourth-order valence-corrected chi connectivity index (χ4v) is 2.61. The zero-order valence-electron chi connectivity index (χ0n) is 10.0. The molecule has 1 aliphatic rings. The SMILES string of the molecule is Nc1nc(Cl)nc2c1ncn2C1O[C@H](CCl)C(O)C1O. The molecule has 2 aromatic rings. The van der Waals surface area contributed by atoms with E-state index in [1.807, 2.05) is 0 Å². The van der Waals surface area contributed by atoms with Crippen molar-refractivity contribution in [1.29, 1.82) is 0 Å². The lowest BCUT2D eigenvalue weighted by Gasteiger charge is -2.16. The van der Waals surface area contributed by atoms with Crippen LogP contribution in [0.2, 0.25) is 5.28 Å². The molecule has 2 aromatic heterocycles. The van der Waals surface area contributed by atoms with Crippen molar-refractivity contribution in [1.82, 2.24) is 19.5 Å². The number of alkyl halides is 1. The van der Waals surface area contributed by atoms with E-state index in [4.69, 9.17) is 33.7 Å². The molecule has 10 heteroatoms. The van der Waals surface area contributed by atoms with Crippen molar-refractivity contribution >= 4 is 40.2 Å². The molecule has 20 heavy (non-hydrogen) atoms. The summed E-state index contributed by atoms with van der Waals surface area (Å²) in [6, 6.07) is 0. The molecule has 0 amide bonds. The Balaban J connectivity index is 2.07. The number of ether oxygens (including phenoxy) is 1. The molecular weight excluding hydrogens is 309 g/mol. The molecule has 0 bridgehead atoms. The first-order chi connectivity index (χ1) is 9.52. The van der Waals surface area contributed by atoms with Crippen molar-refractivity contribution in [2.75, 3.05) is 11.6 Å². The fourth-order valence-electron chi connectivity index (χ4n) is 2.18. The second-order valence-corrected chi connectivity index (χ2v) is 5.05. The molecule has 3 unspecified atom stereocenters. The Morgan fingerprint density at radius 3 is 2.75 bits per heavy atom. The fraction of sp³-hybridized carbons (Fsp3) is 0.500. The smallest absolute Gasteiger partial charge is 0.226 e. The molecule has 0 aromatic carbocycles. The number of nitrogen functional groups attached to an aromatic ring is 1. The molecule has 108 valence electrons. The summed E-state index contributed by atoms with van der Waals surface area (Å²) in [4.78, 5) is 11.9. The van der Waals surface area contributed by atoms with Gasteiger partial charge in [0, 0.05) is 0 Å². The molecule has 1 fully saturated rings. The van der Waals surface area contributed by atoms with Crippen molar-refractivity contribution in [3.63, 3.8) is 0 Å². The summed E-state index contributed by atoms with van der Waals surface area (Å²) in [6.45, 7) is 0. The molecule has 4 atom stereocenters. The van der Waals surface area contributed by atoms with Crippen LogP contribution >= 0.6 is 23.2 Å². The maximum absolute atomic E-state index is 10.0. The topological polar surface area (TPSA) is 119 Å². The van der Waals surface area contributed by atoms with E-state index >= 15 is 0 Å². The number of hydrogen-bond donors (Lipinski definition) is 3. The summed E-state index contributed by atoms with van der Waals surface area (Å²) in [7, 11) is 0. The summed E-state index contributed by atoms with van der Waals surface area (Å²) in [5.41, 5.74) is 6.35. The predicted molar refractivity (Wildman–Crippen MR) is 71.4 cm³/mol. The second-order valence-electron chi connectivity index (χ2n) is 4.40. The number of halogens is 2. The minimum atomic E-state index is -1.16. The lowest BCUT2D eigenvalue weighted by Crippen LogP contribution is -2.32. The van der Waals surface area contributed by atoms with Crippen LogP contribution in [-0.4, -0.2) is 53.9 Å². The van der Waals surface area contributed by atoms with E-state index in [1.54, 1.807) is 0 Å². The predicted octanol–water partition coefficient (Wildman–Crippen LogP) is -0.0801. The first-order valence-electron chi connectivity index (χ1n) is 5.76. The minimum absolute atomic E-state index is 0.0429. The van der Waals surface area contributed by atoms with Gasteiger partial charge < -0.3 is 20.7 Å². The van der Waals surface area contributed by atoms with Crippen LogP contribution in [0.15, 0.2) is 6.33 Å². The van der Waals surface area contributed by atoms with Gasteiger partial charge in [-0.2, -0.15) is 9.97 Å². The number of aliphatic hydroxyl groups is 2. The Kier molecular flexibility index (Phi) is 3.43. The number of hydrogen-bond acceptors (Lipinski definition) is 7. The van der Waals surface area contributed by atoms with Crippen molar-refractivity contribution in [3.8, 4) is 0 Å². The van der Waals surface area contributed by atoms with E-state index in [0.29, 0.717) is 11.2 Å². The number of nitrogens with two attached hydrogens (primary N) is 1. The van der Waals surface area contributed by atoms with Crippen LogP contribution in [-0.2, 0) is 4.74 Å². The molecule has 1 saturated heterocycles. The van der Waals surface area contributed by atoms with E-state index in [1.165, 1.54) is 10.9 Å².